The first-order chi connectivity index (χ1) is 6.60. The maximum absolute atomic E-state index is 4.26. The van der Waals surface area contributed by atoms with Crippen LogP contribution in [0.3, 0.4) is 0 Å². The van der Waals surface area contributed by atoms with Crippen molar-refractivity contribution in [2.45, 2.75) is 27.2 Å². The minimum atomic E-state index is 0.716. The van der Waals surface area contributed by atoms with Gasteiger partial charge in [-0.1, -0.05) is 26.8 Å². The number of allylic oxidation sites excluding steroid dienone is 1. The smallest absolute Gasteiger partial charge is 0.0481 e. The van der Waals surface area contributed by atoms with Crippen molar-refractivity contribution >= 4 is 5.71 Å². The summed E-state index contributed by atoms with van der Waals surface area (Å²) in [7, 11) is 4.00. The molecule has 0 saturated carbocycles. The monoisotopic (exact) mass is 196 g/mol. The van der Waals surface area contributed by atoms with E-state index in [0.29, 0.717) is 5.92 Å². The average Bonchev–Trinajstić information content (AvgIpc) is 2.10. The van der Waals surface area contributed by atoms with Gasteiger partial charge in [0.1, 0.15) is 0 Å². The van der Waals surface area contributed by atoms with E-state index in [-0.39, 0.29) is 0 Å². The van der Waals surface area contributed by atoms with Gasteiger partial charge in [-0.25, -0.2) is 0 Å². The molecule has 2 nitrogen and oxygen atoms in total. The molecule has 2 heteroatoms. The molecule has 0 unspecified atom stereocenters. The zero-order valence-corrected chi connectivity index (χ0v) is 10.2. The molecule has 0 atom stereocenters. The van der Waals surface area contributed by atoms with Gasteiger partial charge in [-0.05, 0) is 25.5 Å². The minimum Gasteiger partial charge on any atom is -0.300 e. The van der Waals surface area contributed by atoms with E-state index >= 15 is 0 Å². The van der Waals surface area contributed by atoms with Crippen molar-refractivity contribution in [3.8, 4) is 0 Å². The zero-order valence-electron chi connectivity index (χ0n) is 10.2. The highest BCUT2D eigenvalue weighted by Crippen LogP contribution is 1.97. The summed E-state index contributed by atoms with van der Waals surface area (Å²) < 4.78 is 0. The Balaban J connectivity index is 4.00. The van der Waals surface area contributed by atoms with Crippen LogP contribution in [0, 0.1) is 5.92 Å². The first kappa shape index (κ1) is 13.4. The molecule has 0 spiro atoms. The maximum Gasteiger partial charge on any atom is 0.0481 e. The van der Waals surface area contributed by atoms with Gasteiger partial charge in [-0.15, -0.1) is 0 Å². The van der Waals surface area contributed by atoms with Crippen molar-refractivity contribution in [1.82, 2.24) is 4.90 Å². The highest BCUT2D eigenvalue weighted by molar-refractivity contribution is 5.96. The van der Waals surface area contributed by atoms with Gasteiger partial charge in [-0.2, -0.15) is 0 Å². The number of aliphatic imine (C=N–C) groups is 1. The SMILES string of the molecule is CC/C=C\C(CN(C)CC(C)C)=NC. The van der Waals surface area contributed by atoms with Crippen LogP contribution >= 0.6 is 0 Å². The van der Waals surface area contributed by atoms with E-state index in [1.54, 1.807) is 0 Å². The van der Waals surface area contributed by atoms with Crippen molar-refractivity contribution in [3.63, 3.8) is 0 Å². The van der Waals surface area contributed by atoms with Crippen molar-refractivity contribution in [2.24, 2.45) is 10.9 Å². The molecule has 0 rings (SSSR count). The van der Waals surface area contributed by atoms with Crippen LogP contribution in [-0.2, 0) is 0 Å². The van der Waals surface area contributed by atoms with Gasteiger partial charge >= 0.3 is 0 Å². The van der Waals surface area contributed by atoms with Crippen molar-refractivity contribution in [3.05, 3.63) is 12.2 Å². The molecule has 0 aromatic heterocycles. The zero-order chi connectivity index (χ0) is 11.0. The van der Waals surface area contributed by atoms with Crippen LogP contribution in [0.1, 0.15) is 27.2 Å². The van der Waals surface area contributed by atoms with Gasteiger partial charge in [-0.3, -0.25) is 4.99 Å². The van der Waals surface area contributed by atoms with E-state index in [0.717, 1.165) is 25.2 Å². The Morgan fingerprint density at radius 2 is 2.07 bits per heavy atom. The van der Waals surface area contributed by atoms with E-state index in [1.165, 1.54) is 0 Å². The second-order valence-corrected chi connectivity index (χ2v) is 4.12. The first-order valence-electron chi connectivity index (χ1n) is 5.40. The molecule has 82 valence electrons. The van der Waals surface area contributed by atoms with Gasteiger partial charge < -0.3 is 4.90 Å². The number of hydrogen-bond donors (Lipinski definition) is 0. The molecule has 14 heavy (non-hydrogen) atoms. The predicted molar refractivity (Wildman–Crippen MR) is 65.1 cm³/mol. The lowest BCUT2D eigenvalue weighted by Crippen LogP contribution is -2.28. The predicted octanol–water partition coefficient (Wildman–Crippen LogP) is 2.61. The Morgan fingerprint density at radius 1 is 1.43 bits per heavy atom. The van der Waals surface area contributed by atoms with Crippen LogP contribution in [-0.4, -0.2) is 37.8 Å². The molecule has 0 saturated heterocycles. The Labute approximate surface area is 88.7 Å². The van der Waals surface area contributed by atoms with Crippen LogP contribution in [0.25, 0.3) is 0 Å². The van der Waals surface area contributed by atoms with Crippen LogP contribution < -0.4 is 0 Å². The molecule has 0 aliphatic rings. The van der Waals surface area contributed by atoms with E-state index in [4.69, 9.17) is 0 Å². The van der Waals surface area contributed by atoms with Gasteiger partial charge in [0.2, 0.25) is 0 Å². The third kappa shape index (κ3) is 6.84. The van der Waals surface area contributed by atoms with Crippen molar-refractivity contribution in [1.29, 1.82) is 0 Å². The Kier molecular flexibility index (Phi) is 7.40. The molecule has 0 heterocycles. The second kappa shape index (κ2) is 7.74. The molecular weight excluding hydrogens is 172 g/mol. The number of hydrogen-bond acceptors (Lipinski definition) is 2. The van der Waals surface area contributed by atoms with E-state index in [1.807, 2.05) is 7.05 Å². The Bertz CT molecular complexity index is 192. The lowest BCUT2D eigenvalue weighted by atomic mass is 10.2. The summed E-state index contributed by atoms with van der Waals surface area (Å²) in [4.78, 5) is 6.57. The van der Waals surface area contributed by atoms with Crippen LogP contribution in [0.15, 0.2) is 17.1 Å². The second-order valence-electron chi connectivity index (χ2n) is 4.12. The third-order valence-corrected chi connectivity index (χ3v) is 1.94. The fourth-order valence-electron chi connectivity index (χ4n) is 1.42. The van der Waals surface area contributed by atoms with E-state index in [2.05, 4.69) is 49.9 Å². The molecule has 0 aromatic rings. The third-order valence-electron chi connectivity index (χ3n) is 1.94. The fraction of sp³-hybridized carbons (Fsp3) is 0.750. The van der Waals surface area contributed by atoms with Crippen molar-refractivity contribution < 1.29 is 0 Å². The van der Waals surface area contributed by atoms with Gasteiger partial charge in [0, 0.05) is 25.8 Å². The molecule has 0 aliphatic carbocycles. The number of rotatable bonds is 6. The summed E-state index contributed by atoms with van der Waals surface area (Å²) in [6.45, 7) is 8.69. The quantitative estimate of drug-likeness (QED) is 0.596. The van der Waals surface area contributed by atoms with Gasteiger partial charge in [0.25, 0.3) is 0 Å². The maximum atomic E-state index is 4.26. The summed E-state index contributed by atoms with van der Waals surface area (Å²) in [5, 5.41) is 0. The first-order valence-corrected chi connectivity index (χ1v) is 5.40. The highest BCUT2D eigenvalue weighted by atomic mass is 15.1. The molecule has 0 aromatic carbocycles. The molecule has 0 amide bonds. The minimum absolute atomic E-state index is 0.716. The molecule has 0 radical (unpaired) electrons. The van der Waals surface area contributed by atoms with Crippen molar-refractivity contribution in [2.75, 3.05) is 27.2 Å². The topological polar surface area (TPSA) is 15.6 Å². The van der Waals surface area contributed by atoms with Gasteiger partial charge in [0.05, 0.1) is 0 Å². The Hall–Kier alpha value is -0.630. The molecule has 0 aliphatic heterocycles. The van der Waals surface area contributed by atoms with E-state index < -0.39 is 0 Å². The van der Waals surface area contributed by atoms with E-state index in [9.17, 15) is 0 Å². The van der Waals surface area contributed by atoms with Gasteiger partial charge in [0.15, 0.2) is 0 Å². The summed E-state index contributed by atoms with van der Waals surface area (Å²) in [5.74, 6) is 0.716. The molecule has 0 N–H and O–H groups in total. The largest absolute Gasteiger partial charge is 0.300 e. The lowest BCUT2D eigenvalue weighted by molar-refractivity contribution is 0.332. The summed E-state index contributed by atoms with van der Waals surface area (Å²) in [6, 6.07) is 0. The van der Waals surface area contributed by atoms with Crippen LogP contribution in [0.2, 0.25) is 0 Å². The molecule has 0 fully saturated rings. The molecule has 0 bridgehead atoms. The van der Waals surface area contributed by atoms with Crippen LogP contribution in [0.4, 0.5) is 0 Å². The molecular formula is C12H24N2. The number of nitrogens with zero attached hydrogens (tertiary/aromatic N) is 2. The normalized spacial score (nSPS) is 13.5. The Morgan fingerprint density at radius 3 is 2.50 bits per heavy atom. The van der Waals surface area contributed by atoms with Crippen LogP contribution in [0.5, 0.6) is 0 Å². The highest BCUT2D eigenvalue weighted by Gasteiger charge is 2.03. The summed E-state index contributed by atoms with van der Waals surface area (Å²) in [6.07, 6.45) is 5.36. The fourth-order valence-corrected chi connectivity index (χ4v) is 1.42. The summed E-state index contributed by atoms with van der Waals surface area (Å²) in [5.41, 5.74) is 1.16. The average molecular weight is 196 g/mol. The lowest BCUT2D eigenvalue weighted by Gasteiger charge is -2.18. The summed E-state index contributed by atoms with van der Waals surface area (Å²) >= 11 is 0. The standard InChI is InChI=1S/C12H24N2/c1-6-7-8-12(13-4)10-14(5)9-11(2)3/h7-8,11H,6,9-10H2,1-5H3/b8-7-,13-12?.